The molecule has 4 aromatic rings. The highest BCUT2D eigenvalue weighted by Crippen LogP contribution is 2.14. The number of ether oxygens (including phenoxy) is 1. The summed E-state index contributed by atoms with van der Waals surface area (Å²) in [5, 5.41) is 16.1. The third kappa shape index (κ3) is 5.85. The van der Waals surface area contributed by atoms with Crippen LogP contribution in [-0.4, -0.2) is 32.3 Å². The van der Waals surface area contributed by atoms with Crippen LogP contribution in [0.15, 0.2) is 84.0 Å². The second kappa shape index (κ2) is 10.1. The highest BCUT2D eigenvalue weighted by molar-refractivity contribution is 5.82. The molecule has 0 fully saturated rings. The van der Waals surface area contributed by atoms with Crippen molar-refractivity contribution < 1.29 is 9.53 Å². The van der Waals surface area contributed by atoms with Crippen LogP contribution in [0, 0.1) is 6.92 Å². The Bertz CT molecular complexity index is 1190. The summed E-state index contributed by atoms with van der Waals surface area (Å²) in [5.41, 5.74) is 6.47. The lowest BCUT2D eigenvalue weighted by Crippen LogP contribution is -2.24. The van der Waals surface area contributed by atoms with Crippen LogP contribution in [0.25, 0.3) is 11.4 Å². The molecular weight excluding hydrogens is 404 g/mol. The number of carbonyl (C=O) groups excluding carboxylic acids is 1. The summed E-state index contributed by atoms with van der Waals surface area (Å²) in [5.74, 6) is 0.876. The first-order valence-electron chi connectivity index (χ1n) is 10.1. The van der Waals surface area contributed by atoms with E-state index in [9.17, 15) is 4.79 Å². The molecule has 0 bridgehead atoms. The lowest BCUT2D eigenvalue weighted by atomic mass is 10.2. The standard InChI is InChI=1S/C24H22N6O2/c1-18-7-9-20(10-8-18)17-32-22-13-11-19(12-14-22)15-25-26-23(31)16-30-28-24(27-29-30)21-5-3-2-4-6-21/h2-15H,16-17H2,1H3,(H,26,31)/b25-15+. The number of hydrazone groups is 1. The lowest BCUT2D eigenvalue weighted by Gasteiger charge is -2.06. The van der Waals surface area contributed by atoms with E-state index in [1.165, 1.54) is 10.4 Å². The maximum atomic E-state index is 12.1. The quantitative estimate of drug-likeness (QED) is 0.344. The lowest BCUT2D eigenvalue weighted by molar-refractivity contribution is -0.122. The predicted molar refractivity (Wildman–Crippen MR) is 121 cm³/mol. The zero-order chi connectivity index (χ0) is 22.2. The summed E-state index contributed by atoms with van der Waals surface area (Å²) in [4.78, 5) is 13.3. The number of benzene rings is 3. The fourth-order valence-corrected chi connectivity index (χ4v) is 2.86. The first-order chi connectivity index (χ1) is 15.7. The normalized spacial score (nSPS) is 10.9. The minimum absolute atomic E-state index is 0.0804. The Hall–Kier alpha value is -4.33. The molecule has 8 heteroatoms. The molecule has 8 nitrogen and oxygen atoms in total. The molecule has 0 saturated heterocycles. The third-order valence-electron chi connectivity index (χ3n) is 4.58. The van der Waals surface area contributed by atoms with Gasteiger partial charge in [0, 0.05) is 5.56 Å². The highest BCUT2D eigenvalue weighted by Gasteiger charge is 2.08. The van der Waals surface area contributed by atoms with Gasteiger partial charge in [-0.15, -0.1) is 10.2 Å². The monoisotopic (exact) mass is 426 g/mol. The van der Waals surface area contributed by atoms with Crippen molar-refractivity contribution in [1.82, 2.24) is 25.6 Å². The van der Waals surface area contributed by atoms with Crippen LogP contribution in [0.4, 0.5) is 0 Å². The van der Waals surface area contributed by atoms with E-state index in [1.54, 1.807) is 6.21 Å². The van der Waals surface area contributed by atoms with E-state index in [-0.39, 0.29) is 12.5 Å². The molecule has 0 aliphatic carbocycles. The van der Waals surface area contributed by atoms with E-state index in [0.29, 0.717) is 12.4 Å². The average molecular weight is 426 g/mol. The molecule has 0 atom stereocenters. The van der Waals surface area contributed by atoms with E-state index in [0.717, 1.165) is 22.4 Å². The molecule has 0 saturated carbocycles. The summed E-state index contributed by atoms with van der Waals surface area (Å²) in [6.07, 6.45) is 1.56. The van der Waals surface area contributed by atoms with Crippen LogP contribution in [0.2, 0.25) is 0 Å². The zero-order valence-corrected chi connectivity index (χ0v) is 17.5. The van der Waals surface area contributed by atoms with E-state index >= 15 is 0 Å². The largest absolute Gasteiger partial charge is 0.489 e. The Morgan fingerprint density at radius 1 is 1.03 bits per heavy atom. The van der Waals surface area contributed by atoms with Crippen molar-refractivity contribution in [3.63, 3.8) is 0 Å². The zero-order valence-electron chi connectivity index (χ0n) is 17.5. The first-order valence-corrected chi connectivity index (χ1v) is 10.1. The second-order valence-corrected chi connectivity index (χ2v) is 7.15. The summed E-state index contributed by atoms with van der Waals surface area (Å²) < 4.78 is 5.79. The summed E-state index contributed by atoms with van der Waals surface area (Å²) >= 11 is 0. The van der Waals surface area contributed by atoms with Crippen LogP contribution in [-0.2, 0) is 17.9 Å². The summed E-state index contributed by atoms with van der Waals surface area (Å²) in [6.45, 7) is 2.48. The number of nitrogens with one attached hydrogen (secondary N) is 1. The molecule has 1 aromatic heterocycles. The Morgan fingerprint density at radius 2 is 1.78 bits per heavy atom. The topological polar surface area (TPSA) is 94.3 Å². The van der Waals surface area contributed by atoms with E-state index in [1.807, 2.05) is 54.6 Å². The van der Waals surface area contributed by atoms with Gasteiger partial charge in [-0.05, 0) is 47.5 Å². The van der Waals surface area contributed by atoms with Gasteiger partial charge in [0.25, 0.3) is 5.91 Å². The maximum absolute atomic E-state index is 12.1. The summed E-state index contributed by atoms with van der Waals surface area (Å²) in [6, 6.07) is 25.1. The van der Waals surface area contributed by atoms with Crippen molar-refractivity contribution in [2.45, 2.75) is 20.1 Å². The number of tetrazole rings is 1. The SMILES string of the molecule is Cc1ccc(COc2ccc(/C=N/NC(=O)Cn3nnc(-c4ccccc4)n3)cc2)cc1. The van der Waals surface area contributed by atoms with Crippen molar-refractivity contribution in [1.29, 1.82) is 0 Å². The Balaban J connectivity index is 1.24. The molecule has 0 aliphatic heterocycles. The molecule has 0 unspecified atom stereocenters. The number of hydrogen-bond donors (Lipinski definition) is 1. The number of carbonyl (C=O) groups is 1. The maximum Gasteiger partial charge on any atom is 0.263 e. The van der Waals surface area contributed by atoms with Crippen molar-refractivity contribution >= 4 is 12.1 Å². The van der Waals surface area contributed by atoms with E-state index in [4.69, 9.17) is 4.74 Å². The van der Waals surface area contributed by atoms with Gasteiger partial charge in [0.2, 0.25) is 5.82 Å². The van der Waals surface area contributed by atoms with Gasteiger partial charge in [-0.3, -0.25) is 4.79 Å². The van der Waals surface area contributed by atoms with Gasteiger partial charge in [0.05, 0.1) is 6.21 Å². The number of nitrogens with zero attached hydrogens (tertiary/aromatic N) is 5. The van der Waals surface area contributed by atoms with Crippen molar-refractivity contribution in [3.8, 4) is 17.1 Å². The van der Waals surface area contributed by atoms with Crippen molar-refractivity contribution in [2.75, 3.05) is 0 Å². The molecule has 1 amide bonds. The molecule has 1 N–H and O–H groups in total. The molecule has 0 radical (unpaired) electrons. The van der Waals surface area contributed by atoms with Crippen LogP contribution in [0.1, 0.15) is 16.7 Å². The molecule has 4 rings (SSSR count). The van der Waals surface area contributed by atoms with Gasteiger partial charge in [-0.2, -0.15) is 9.90 Å². The van der Waals surface area contributed by atoms with E-state index in [2.05, 4.69) is 57.1 Å². The molecule has 1 heterocycles. The smallest absolute Gasteiger partial charge is 0.263 e. The molecule has 160 valence electrons. The van der Waals surface area contributed by atoms with Gasteiger partial charge in [0.1, 0.15) is 18.9 Å². The van der Waals surface area contributed by atoms with E-state index < -0.39 is 0 Å². The number of aromatic nitrogens is 4. The number of amides is 1. The van der Waals surface area contributed by atoms with Gasteiger partial charge in [-0.25, -0.2) is 5.43 Å². The van der Waals surface area contributed by atoms with Crippen LogP contribution in [0.3, 0.4) is 0 Å². The van der Waals surface area contributed by atoms with Crippen LogP contribution >= 0.6 is 0 Å². The van der Waals surface area contributed by atoms with Crippen LogP contribution < -0.4 is 10.2 Å². The molecule has 32 heavy (non-hydrogen) atoms. The van der Waals surface area contributed by atoms with Crippen LogP contribution in [0.5, 0.6) is 5.75 Å². The fourth-order valence-electron chi connectivity index (χ4n) is 2.86. The predicted octanol–water partition coefficient (Wildman–Crippen LogP) is 3.38. The van der Waals surface area contributed by atoms with Crippen molar-refractivity contribution in [2.24, 2.45) is 5.10 Å². The molecule has 3 aromatic carbocycles. The van der Waals surface area contributed by atoms with Gasteiger partial charge in [0.15, 0.2) is 0 Å². The van der Waals surface area contributed by atoms with Crippen molar-refractivity contribution in [3.05, 3.63) is 95.6 Å². The average Bonchev–Trinajstić information content (AvgIpc) is 3.28. The first kappa shape index (κ1) is 20.9. The van der Waals surface area contributed by atoms with Gasteiger partial charge < -0.3 is 4.74 Å². The minimum Gasteiger partial charge on any atom is -0.489 e. The Kier molecular flexibility index (Phi) is 6.62. The Morgan fingerprint density at radius 3 is 2.53 bits per heavy atom. The molecule has 0 aliphatic rings. The number of hydrogen-bond acceptors (Lipinski definition) is 6. The summed E-state index contributed by atoms with van der Waals surface area (Å²) in [7, 11) is 0. The highest BCUT2D eigenvalue weighted by atomic mass is 16.5. The van der Waals surface area contributed by atoms with Gasteiger partial charge >= 0.3 is 0 Å². The fraction of sp³-hybridized carbons (Fsp3) is 0.125. The minimum atomic E-state index is -0.351. The number of aryl methyl sites for hydroxylation is 1. The Labute approximate surface area is 185 Å². The molecular formula is C24H22N6O2. The third-order valence-corrected chi connectivity index (χ3v) is 4.58. The number of rotatable bonds is 8. The molecule has 0 spiro atoms. The van der Waals surface area contributed by atoms with Gasteiger partial charge in [-0.1, -0.05) is 60.2 Å². The second-order valence-electron chi connectivity index (χ2n) is 7.15.